The van der Waals surface area contributed by atoms with Crippen molar-refractivity contribution in [3.63, 3.8) is 0 Å². The van der Waals surface area contributed by atoms with Crippen LogP contribution in [0.4, 0.5) is 0 Å². The van der Waals surface area contributed by atoms with E-state index in [1.165, 1.54) is 19.3 Å². The van der Waals surface area contributed by atoms with E-state index in [9.17, 15) is 5.11 Å². The van der Waals surface area contributed by atoms with Crippen molar-refractivity contribution in [1.29, 1.82) is 0 Å². The van der Waals surface area contributed by atoms with Crippen LogP contribution < -0.4 is 0 Å². The summed E-state index contributed by atoms with van der Waals surface area (Å²) in [6.45, 7) is 4.53. The van der Waals surface area contributed by atoms with Crippen molar-refractivity contribution in [2.75, 3.05) is 0 Å². The van der Waals surface area contributed by atoms with Crippen molar-refractivity contribution in [2.24, 2.45) is 11.8 Å². The van der Waals surface area contributed by atoms with Crippen LogP contribution in [0.25, 0.3) is 0 Å². The maximum absolute atomic E-state index is 9.37. The van der Waals surface area contributed by atoms with E-state index in [-0.39, 0.29) is 6.10 Å². The van der Waals surface area contributed by atoms with Crippen LogP contribution in [0.15, 0.2) is 12.2 Å². The molecule has 0 fully saturated rings. The molecule has 0 saturated carbocycles. The lowest BCUT2D eigenvalue weighted by atomic mass is 9.88. The Morgan fingerprint density at radius 3 is 2.83 bits per heavy atom. The molecule has 0 spiro atoms. The molecule has 3 atom stereocenters. The highest BCUT2D eigenvalue weighted by molar-refractivity contribution is 4.97. The molecule has 1 aliphatic carbocycles. The van der Waals surface area contributed by atoms with Gasteiger partial charge >= 0.3 is 0 Å². The summed E-state index contributed by atoms with van der Waals surface area (Å²) in [4.78, 5) is 0. The van der Waals surface area contributed by atoms with E-state index >= 15 is 0 Å². The summed E-state index contributed by atoms with van der Waals surface area (Å²) in [6.07, 6.45) is 8.62. The minimum atomic E-state index is -0.181. The van der Waals surface area contributed by atoms with Gasteiger partial charge in [-0.3, -0.25) is 0 Å². The molecule has 0 amide bonds. The van der Waals surface area contributed by atoms with Gasteiger partial charge in [-0.1, -0.05) is 32.4 Å². The zero-order valence-electron chi connectivity index (χ0n) is 8.16. The second kappa shape index (κ2) is 4.66. The lowest BCUT2D eigenvalue weighted by molar-refractivity contribution is 0.210. The van der Waals surface area contributed by atoms with Crippen molar-refractivity contribution in [2.45, 2.75) is 45.6 Å². The Labute approximate surface area is 75.5 Å². The SMILES string of the molecule is CCC(C)[C@H]1C=C[C@H](O)CCC1. The highest BCUT2D eigenvalue weighted by Crippen LogP contribution is 2.25. The third-order valence-corrected chi connectivity index (χ3v) is 2.99. The quantitative estimate of drug-likeness (QED) is 0.629. The van der Waals surface area contributed by atoms with E-state index in [2.05, 4.69) is 19.9 Å². The third-order valence-electron chi connectivity index (χ3n) is 2.99. The predicted molar refractivity (Wildman–Crippen MR) is 51.9 cm³/mol. The van der Waals surface area contributed by atoms with E-state index in [1.54, 1.807) is 0 Å². The molecule has 70 valence electrons. The molecule has 1 N–H and O–H groups in total. The summed E-state index contributed by atoms with van der Waals surface area (Å²) in [5.41, 5.74) is 0. The van der Waals surface area contributed by atoms with E-state index in [0.29, 0.717) is 5.92 Å². The molecule has 1 heteroatoms. The Morgan fingerprint density at radius 1 is 1.42 bits per heavy atom. The normalized spacial score (nSPS) is 32.9. The highest BCUT2D eigenvalue weighted by Gasteiger charge is 2.15. The molecule has 0 aromatic carbocycles. The summed E-state index contributed by atoms with van der Waals surface area (Å²) in [7, 11) is 0. The average Bonchev–Trinajstić information content (AvgIpc) is 2.29. The standard InChI is InChI=1S/C11H20O/c1-3-9(2)10-5-4-6-11(12)8-7-10/h7-12H,3-6H2,1-2H3/t9?,10-,11-/m1/s1. The predicted octanol–water partition coefficient (Wildman–Crippen LogP) is 2.75. The Morgan fingerprint density at radius 2 is 2.17 bits per heavy atom. The van der Waals surface area contributed by atoms with Gasteiger partial charge in [0.25, 0.3) is 0 Å². The van der Waals surface area contributed by atoms with Crippen LogP contribution in [0.2, 0.25) is 0 Å². The second-order valence-corrected chi connectivity index (χ2v) is 3.93. The van der Waals surface area contributed by atoms with Crippen molar-refractivity contribution in [3.05, 3.63) is 12.2 Å². The Kier molecular flexibility index (Phi) is 3.80. The molecule has 0 radical (unpaired) electrons. The molecular weight excluding hydrogens is 148 g/mol. The van der Waals surface area contributed by atoms with Gasteiger partial charge in [-0.2, -0.15) is 0 Å². The first-order chi connectivity index (χ1) is 5.74. The van der Waals surface area contributed by atoms with Crippen LogP contribution in [-0.4, -0.2) is 11.2 Å². The molecule has 0 bridgehead atoms. The molecule has 0 heterocycles. The maximum Gasteiger partial charge on any atom is 0.0721 e. The molecular formula is C11H20O. The largest absolute Gasteiger partial charge is 0.389 e. The summed E-state index contributed by atoms with van der Waals surface area (Å²) < 4.78 is 0. The number of hydrogen-bond acceptors (Lipinski definition) is 1. The van der Waals surface area contributed by atoms with Gasteiger partial charge in [-0.25, -0.2) is 0 Å². The highest BCUT2D eigenvalue weighted by atomic mass is 16.3. The van der Waals surface area contributed by atoms with Gasteiger partial charge in [0.2, 0.25) is 0 Å². The molecule has 0 aromatic heterocycles. The molecule has 0 aromatic rings. The van der Waals surface area contributed by atoms with Gasteiger partial charge < -0.3 is 5.11 Å². The molecule has 0 aliphatic heterocycles. The van der Waals surface area contributed by atoms with Crippen LogP contribution in [0.3, 0.4) is 0 Å². The topological polar surface area (TPSA) is 20.2 Å². The average molecular weight is 168 g/mol. The van der Waals surface area contributed by atoms with Crippen LogP contribution >= 0.6 is 0 Å². The van der Waals surface area contributed by atoms with E-state index in [0.717, 1.165) is 12.3 Å². The number of aliphatic hydroxyl groups excluding tert-OH is 1. The number of rotatable bonds is 2. The van der Waals surface area contributed by atoms with E-state index < -0.39 is 0 Å². The van der Waals surface area contributed by atoms with Gasteiger partial charge in [0.15, 0.2) is 0 Å². The van der Waals surface area contributed by atoms with Gasteiger partial charge in [-0.05, 0) is 31.1 Å². The third kappa shape index (κ3) is 2.63. The Bertz CT molecular complexity index is 151. The second-order valence-electron chi connectivity index (χ2n) is 3.93. The molecule has 12 heavy (non-hydrogen) atoms. The molecule has 1 aliphatic rings. The van der Waals surface area contributed by atoms with Crippen molar-refractivity contribution < 1.29 is 5.11 Å². The first-order valence-corrected chi connectivity index (χ1v) is 5.10. The fourth-order valence-corrected chi connectivity index (χ4v) is 1.80. The number of hydrogen-bond donors (Lipinski definition) is 1. The fraction of sp³-hybridized carbons (Fsp3) is 0.818. The van der Waals surface area contributed by atoms with Crippen molar-refractivity contribution in [1.82, 2.24) is 0 Å². The number of aliphatic hydroxyl groups is 1. The summed E-state index contributed by atoms with van der Waals surface area (Å²) in [6, 6.07) is 0. The minimum absolute atomic E-state index is 0.181. The summed E-state index contributed by atoms with van der Waals surface area (Å²) in [5, 5.41) is 9.37. The van der Waals surface area contributed by atoms with E-state index in [4.69, 9.17) is 0 Å². The van der Waals surface area contributed by atoms with Gasteiger partial charge in [0, 0.05) is 0 Å². The molecule has 0 saturated heterocycles. The van der Waals surface area contributed by atoms with Crippen LogP contribution in [0, 0.1) is 11.8 Å². The van der Waals surface area contributed by atoms with Gasteiger partial charge in [-0.15, -0.1) is 0 Å². The van der Waals surface area contributed by atoms with Crippen molar-refractivity contribution >= 4 is 0 Å². The van der Waals surface area contributed by atoms with Gasteiger partial charge in [0.05, 0.1) is 6.10 Å². The Balaban J connectivity index is 2.48. The lowest BCUT2D eigenvalue weighted by Crippen LogP contribution is -2.07. The fourth-order valence-electron chi connectivity index (χ4n) is 1.80. The zero-order valence-corrected chi connectivity index (χ0v) is 8.16. The lowest BCUT2D eigenvalue weighted by Gasteiger charge is -2.17. The molecule has 1 rings (SSSR count). The maximum atomic E-state index is 9.37. The first kappa shape index (κ1) is 9.79. The van der Waals surface area contributed by atoms with Gasteiger partial charge in [0.1, 0.15) is 0 Å². The Hall–Kier alpha value is -0.300. The first-order valence-electron chi connectivity index (χ1n) is 5.10. The summed E-state index contributed by atoms with van der Waals surface area (Å²) in [5.74, 6) is 1.47. The number of allylic oxidation sites excluding steroid dienone is 1. The zero-order chi connectivity index (χ0) is 8.97. The van der Waals surface area contributed by atoms with Crippen LogP contribution in [0.1, 0.15) is 39.5 Å². The molecule has 1 nitrogen and oxygen atoms in total. The molecule has 1 unspecified atom stereocenters. The van der Waals surface area contributed by atoms with Crippen molar-refractivity contribution in [3.8, 4) is 0 Å². The van der Waals surface area contributed by atoms with E-state index in [1.807, 2.05) is 6.08 Å². The monoisotopic (exact) mass is 168 g/mol. The summed E-state index contributed by atoms with van der Waals surface area (Å²) >= 11 is 0. The smallest absolute Gasteiger partial charge is 0.0721 e. The van der Waals surface area contributed by atoms with Crippen LogP contribution in [-0.2, 0) is 0 Å². The van der Waals surface area contributed by atoms with Crippen LogP contribution in [0.5, 0.6) is 0 Å². The minimum Gasteiger partial charge on any atom is -0.389 e.